The molecule has 1 unspecified atom stereocenters. The summed E-state index contributed by atoms with van der Waals surface area (Å²) in [6.07, 6.45) is 2.86. The third-order valence-electron chi connectivity index (χ3n) is 3.98. The van der Waals surface area contributed by atoms with E-state index in [2.05, 4.69) is 29.0 Å². The molecule has 0 bridgehead atoms. The summed E-state index contributed by atoms with van der Waals surface area (Å²) in [5.74, 6) is 0.308. The molecule has 0 radical (unpaired) electrons. The monoisotopic (exact) mass is 329 g/mol. The molecule has 0 aromatic carbocycles. The van der Waals surface area contributed by atoms with Crippen LogP contribution in [0.4, 0.5) is 0 Å². The van der Waals surface area contributed by atoms with Gasteiger partial charge in [-0.05, 0) is 40.2 Å². The topological polar surface area (TPSA) is 45.2 Å². The van der Waals surface area contributed by atoms with E-state index in [1.165, 1.54) is 11.3 Å². The molecule has 1 aliphatic rings. The van der Waals surface area contributed by atoms with Crippen molar-refractivity contribution in [2.45, 2.75) is 46.1 Å². The maximum absolute atomic E-state index is 12.2. The number of halogens is 1. The number of rotatable bonds is 5. The van der Waals surface area contributed by atoms with E-state index in [1.54, 1.807) is 0 Å². The second-order valence-corrected chi connectivity index (χ2v) is 7.62. The van der Waals surface area contributed by atoms with Crippen LogP contribution in [0.5, 0.6) is 0 Å². The Morgan fingerprint density at radius 1 is 1.57 bits per heavy atom. The van der Waals surface area contributed by atoms with Crippen LogP contribution in [0.15, 0.2) is 0 Å². The van der Waals surface area contributed by atoms with Crippen molar-refractivity contribution in [2.24, 2.45) is 5.92 Å². The van der Waals surface area contributed by atoms with Gasteiger partial charge in [0.15, 0.2) is 0 Å². The molecule has 21 heavy (non-hydrogen) atoms. The van der Waals surface area contributed by atoms with E-state index < -0.39 is 0 Å². The Kier molecular flexibility index (Phi) is 6.02. The lowest BCUT2D eigenvalue weighted by molar-refractivity contribution is -0.126. The van der Waals surface area contributed by atoms with Gasteiger partial charge in [0.1, 0.15) is 4.34 Å². The van der Waals surface area contributed by atoms with Crippen LogP contribution in [-0.2, 0) is 11.2 Å². The number of aromatic nitrogens is 1. The predicted molar refractivity (Wildman–Crippen MR) is 88.0 cm³/mol. The number of aryl methyl sites for hydroxylation is 1. The van der Waals surface area contributed by atoms with Gasteiger partial charge < -0.3 is 10.2 Å². The van der Waals surface area contributed by atoms with Gasteiger partial charge in [-0.2, -0.15) is 0 Å². The van der Waals surface area contributed by atoms with Crippen molar-refractivity contribution >= 4 is 28.8 Å². The summed E-state index contributed by atoms with van der Waals surface area (Å²) < 4.78 is 0.746. The number of carbonyl (C=O) groups is 1. The quantitative estimate of drug-likeness (QED) is 0.903. The minimum atomic E-state index is 0.128. The largest absolute Gasteiger partial charge is 0.355 e. The van der Waals surface area contributed by atoms with Gasteiger partial charge in [-0.1, -0.05) is 11.6 Å². The average Bonchev–Trinajstić information content (AvgIpc) is 2.77. The van der Waals surface area contributed by atoms with Gasteiger partial charge in [-0.3, -0.25) is 4.79 Å². The van der Waals surface area contributed by atoms with Crippen molar-refractivity contribution in [3.8, 4) is 0 Å². The molecule has 1 aromatic heterocycles. The smallest absolute Gasteiger partial charge is 0.224 e. The molecule has 2 rings (SSSR count). The Balaban J connectivity index is 1.76. The normalized spacial score (nSPS) is 20.0. The summed E-state index contributed by atoms with van der Waals surface area (Å²) in [6, 6.07) is 0.515. The summed E-state index contributed by atoms with van der Waals surface area (Å²) in [7, 11) is 0. The second kappa shape index (κ2) is 7.56. The highest BCUT2D eigenvalue weighted by molar-refractivity contribution is 7.16. The lowest BCUT2D eigenvalue weighted by Gasteiger charge is -2.34. The van der Waals surface area contributed by atoms with Gasteiger partial charge in [0.05, 0.1) is 16.6 Å². The zero-order valence-electron chi connectivity index (χ0n) is 13.0. The first-order valence-corrected chi connectivity index (χ1v) is 8.80. The fourth-order valence-corrected chi connectivity index (χ4v) is 3.76. The maximum Gasteiger partial charge on any atom is 0.224 e. The highest BCUT2D eigenvalue weighted by Gasteiger charge is 2.26. The molecular formula is C15H24ClN3OS. The van der Waals surface area contributed by atoms with Crippen molar-refractivity contribution in [2.75, 3.05) is 19.6 Å². The summed E-state index contributed by atoms with van der Waals surface area (Å²) in [4.78, 5) is 19.0. The fraction of sp³-hybridized carbons (Fsp3) is 0.733. The third kappa shape index (κ3) is 4.66. The van der Waals surface area contributed by atoms with Crippen LogP contribution in [0, 0.1) is 12.8 Å². The molecule has 6 heteroatoms. The van der Waals surface area contributed by atoms with E-state index in [9.17, 15) is 4.79 Å². The zero-order valence-corrected chi connectivity index (χ0v) is 14.6. The van der Waals surface area contributed by atoms with E-state index in [4.69, 9.17) is 11.6 Å². The fourth-order valence-electron chi connectivity index (χ4n) is 2.66. The molecular weight excluding hydrogens is 306 g/mol. The van der Waals surface area contributed by atoms with Crippen LogP contribution >= 0.6 is 22.9 Å². The van der Waals surface area contributed by atoms with Crippen molar-refractivity contribution < 1.29 is 4.79 Å². The van der Waals surface area contributed by atoms with Crippen LogP contribution in [0.2, 0.25) is 4.34 Å². The molecule has 1 N–H and O–H groups in total. The van der Waals surface area contributed by atoms with E-state index in [0.717, 1.165) is 47.4 Å². The van der Waals surface area contributed by atoms with Crippen LogP contribution < -0.4 is 5.32 Å². The van der Waals surface area contributed by atoms with Crippen molar-refractivity contribution in [1.29, 1.82) is 0 Å². The number of hydrogen-bond donors (Lipinski definition) is 1. The number of nitrogens with zero attached hydrogens (tertiary/aromatic N) is 2. The standard InChI is InChI=1S/C15H24ClN3OS/c1-10(2)19-8-4-5-12(9-19)15(20)17-7-6-13-18-11(3)14(16)21-13/h10,12H,4-9H2,1-3H3,(H,17,20). The first-order valence-electron chi connectivity index (χ1n) is 7.61. The van der Waals surface area contributed by atoms with Crippen molar-refractivity contribution in [3.63, 3.8) is 0 Å². The Morgan fingerprint density at radius 3 is 2.95 bits per heavy atom. The van der Waals surface area contributed by atoms with Gasteiger partial charge in [0.2, 0.25) is 5.91 Å². The molecule has 4 nitrogen and oxygen atoms in total. The van der Waals surface area contributed by atoms with Crippen LogP contribution in [0.25, 0.3) is 0 Å². The van der Waals surface area contributed by atoms with Crippen molar-refractivity contribution in [3.05, 3.63) is 15.0 Å². The number of hydrogen-bond acceptors (Lipinski definition) is 4. The minimum absolute atomic E-state index is 0.128. The molecule has 1 atom stereocenters. The predicted octanol–water partition coefficient (Wildman–Crippen LogP) is 2.88. The van der Waals surface area contributed by atoms with Crippen LogP contribution in [0.1, 0.15) is 37.4 Å². The Bertz CT molecular complexity index is 470. The average molecular weight is 330 g/mol. The molecule has 2 heterocycles. The number of likely N-dealkylation sites (tertiary alicyclic amines) is 1. The highest BCUT2D eigenvalue weighted by Crippen LogP contribution is 2.23. The molecule has 1 aromatic rings. The summed E-state index contributed by atoms with van der Waals surface area (Å²) in [5, 5.41) is 4.04. The Morgan fingerprint density at radius 2 is 2.33 bits per heavy atom. The van der Waals surface area contributed by atoms with E-state index in [0.29, 0.717) is 12.6 Å². The molecule has 0 saturated carbocycles. The maximum atomic E-state index is 12.2. The van der Waals surface area contributed by atoms with E-state index in [1.807, 2.05) is 6.92 Å². The molecule has 1 amide bonds. The third-order valence-corrected chi connectivity index (χ3v) is 5.49. The molecule has 0 aliphatic carbocycles. The first kappa shape index (κ1) is 16.7. The van der Waals surface area contributed by atoms with Gasteiger partial charge in [-0.25, -0.2) is 4.98 Å². The molecule has 1 fully saturated rings. The number of amides is 1. The number of carbonyl (C=O) groups excluding carboxylic acids is 1. The van der Waals surface area contributed by atoms with E-state index >= 15 is 0 Å². The lowest BCUT2D eigenvalue weighted by Crippen LogP contribution is -2.45. The SMILES string of the molecule is Cc1nc(CCNC(=O)C2CCCN(C(C)C)C2)sc1Cl. The van der Waals surface area contributed by atoms with Gasteiger partial charge in [0.25, 0.3) is 0 Å². The number of thiazole rings is 1. The highest BCUT2D eigenvalue weighted by atomic mass is 35.5. The van der Waals surface area contributed by atoms with Crippen LogP contribution in [-0.4, -0.2) is 41.5 Å². The van der Waals surface area contributed by atoms with Crippen LogP contribution in [0.3, 0.4) is 0 Å². The van der Waals surface area contributed by atoms with Gasteiger partial charge >= 0.3 is 0 Å². The Labute approximate surface area is 135 Å². The number of nitrogens with one attached hydrogen (secondary N) is 1. The van der Waals surface area contributed by atoms with Crippen molar-refractivity contribution in [1.82, 2.24) is 15.2 Å². The lowest BCUT2D eigenvalue weighted by atomic mass is 9.96. The zero-order chi connectivity index (χ0) is 15.4. The first-order chi connectivity index (χ1) is 9.97. The summed E-state index contributed by atoms with van der Waals surface area (Å²) in [5.41, 5.74) is 0.878. The Hall–Kier alpha value is -0.650. The minimum Gasteiger partial charge on any atom is -0.355 e. The molecule has 0 spiro atoms. The summed E-state index contributed by atoms with van der Waals surface area (Å²) in [6.45, 7) is 8.91. The molecule has 118 valence electrons. The van der Waals surface area contributed by atoms with E-state index in [-0.39, 0.29) is 11.8 Å². The number of piperidine rings is 1. The summed E-state index contributed by atoms with van der Waals surface area (Å²) >= 11 is 7.50. The van der Waals surface area contributed by atoms with Gasteiger partial charge in [-0.15, -0.1) is 11.3 Å². The van der Waals surface area contributed by atoms with Gasteiger partial charge in [0, 0.05) is 25.6 Å². The molecule has 1 aliphatic heterocycles. The second-order valence-electron chi connectivity index (χ2n) is 5.94. The molecule has 1 saturated heterocycles.